The van der Waals surface area contributed by atoms with E-state index in [0.717, 1.165) is 69.5 Å². The van der Waals surface area contributed by atoms with E-state index in [4.69, 9.17) is 26.6 Å². The molecular formula is C39H22ClN3S. The third-order valence-electron chi connectivity index (χ3n) is 8.40. The largest absolute Gasteiger partial charge is 0.208 e. The summed E-state index contributed by atoms with van der Waals surface area (Å²) in [5.41, 5.74) is 2.92. The van der Waals surface area contributed by atoms with Gasteiger partial charge in [0, 0.05) is 42.2 Å². The van der Waals surface area contributed by atoms with Crippen molar-refractivity contribution in [1.82, 2.24) is 15.0 Å². The molecule has 2 aromatic heterocycles. The molecule has 0 unspecified atom stereocenters. The zero-order valence-corrected chi connectivity index (χ0v) is 24.9. The Hall–Kier alpha value is -5.16. The Morgan fingerprint density at radius 2 is 0.909 bits per heavy atom. The lowest BCUT2D eigenvalue weighted by molar-refractivity contribution is 1.08. The first-order valence-corrected chi connectivity index (χ1v) is 15.7. The van der Waals surface area contributed by atoms with Crippen LogP contribution in [0.2, 0.25) is 5.02 Å². The highest BCUT2D eigenvalue weighted by Gasteiger charge is 2.23. The van der Waals surface area contributed by atoms with Gasteiger partial charge in [-0.1, -0.05) is 139 Å². The summed E-state index contributed by atoms with van der Waals surface area (Å²) in [6.07, 6.45) is 0. The standard InChI is InChI=1S/C39H22ClN3S/c40-35-28-18-6-5-17-27(28)34(36-33(35)31-19-7-8-22-32(31)44-36)39-42-37(29-20-9-13-23-11-1-3-15-25(23)29)41-38(43-39)30-21-10-14-24-12-2-4-16-26(24)30/h1-22H. The zero-order chi connectivity index (χ0) is 29.2. The van der Waals surface area contributed by atoms with Gasteiger partial charge in [0.2, 0.25) is 0 Å². The van der Waals surface area contributed by atoms with Gasteiger partial charge in [-0.2, -0.15) is 0 Å². The van der Waals surface area contributed by atoms with Gasteiger partial charge < -0.3 is 0 Å². The van der Waals surface area contributed by atoms with E-state index in [1.54, 1.807) is 11.3 Å². The van der Waals surface area contributed by atoms with Crippen LogP contribution in [0.4, 0.5) is 0 Å². The summed E-state index contributed by atoms with van der Waals surface area (Å²) in [6.45, 7) is 0. The van der Waals surface area contributed by atoms with Crippen LogP contribution in [0.3, 0.4) is 0 Å². The molecule has 0 bridgehead atoms. The summed E-state index contributed by atoms with van der Waals surface area (Å²) in [7, 11) is 0. The van der Waals surface area contributed by atoms with Crippen LogP contribution in [0.5, 0.6) is 0 Å². The predicted octanol–water partition coefficient (Wildman–Crippen LogP) is 11.4. The highest BCUT2D eigenvalue weighted by atomic mass is 35.5. The number of halogens is 1. The van der Waals surface area contributed by atoms with Gasteiger partial charge >= 0.3 is 0 Å². The van der Waals surface area contributed by atoms with Crippen LogP contribution in [0.25, 0.3) is 86.7 Å². The highest BCUT2D eigenvalue weighted by molar-refractivity contribution is 7.26. The number of nitrogens with zero attached hydrogens (tertiary/aromatic N) is 3. The van der Waals surface area contributed by atoms with Gasteiger partial charge in [0.25, 0.3) is 0 Å². The zero-order valence-electron chi connectivity index (χ0n) is 23.3. The third kappa shape index (κ3) is 3.85. The van der Waals surface area contributed by atoms with Crippen molar-refractivity contribution in [3.63, 3.8) is 0 Å². The fourth-order valence-electron chi connectivity index (χ4n) is 6.38. The van der Waals surface area contributed by atoms with E-state index < -0.39 is 0 Å². The van der Waals surface area contributed by atoms with E-state index >= 15 is 0 Å². The molecule has 44 heavy (non-hydrogen) atoms. The Morgan fingerprint density at radius 3 is 1.55 bits per heavy atom. The highest BCUT2D eigenvalue weighted by Crippen LogP contribution is 2.48. The minimum absolute atomic E-state index is 0.635. The van der Waals surface area contributed by atoms with Crippen LogP contribution in [-0.4, -0.2) is 15.0 Å². The van der Waals surface area contributed by atoms with E-state index in [2.05, 4.69) is 127 Å². The second kappa shape index (κ2) is 9.95. The SMILES string of the molecule is Clc1c2ccccc2c(-c2nc(-c3cccc4ccccc34)nc(-c3cccc4ccccc34)n2)c2sc3ccccc3c12. The average molecular weight is 600 g/mol. The average Bonchev–Trinajstić information content (AvgIpc) is 3.47. The summed E-state index contributed by atoms with van der Waals surface area (Å²) in [4.78, 5) is 15.7. The third-order valence-corrected chi connectivity index (χ3v) is 9.98. The van der Waals surface area contributed by atoms with Gasteiger partial charge in [-0.15, -0.1) is 11.3 Å². The summed E-state index contributed by atoms with van der Waals surface area (Å²) < 4.78 is 2.26. The molecule has 0 aliphatic rings. The molecule has 0 radical (unpaired) electrons. The Kier molecular flexibility index (Phi) is 5.73. The fraction of sp³-hybridized carbons (Fsp3) is 0. The molecule has 0 aliphatic carbocycles. The molecule has 5 heteroatoms. The molecule has 3 nitrogen and oxygen atoms in total. The first-order chi connectivity index (χ1) is 21.7. The quantitative estimate of drug-likeness (QED) is 0.203. The minimum atomic E-state index is 0.635. The van der Waals surface area contributed by atoms with Crippen molar-refractivity contribution in [3.05, 3.63) is 138 Å². The van der Waals surface area contributed by atoms with Crippen molar-refractivity contribution in [2.75, 3.05) is 0 Å². The van der Waals surface area contributed by atoms with E-state index in [1.165, 1.54) is 4.70 Å². The number of fused-ring (bicyclic) bond motifs is 6. The first-order valence-electron chi connectivity index (χ1n) is 14.5. The van der Waals surface area contributed by atoms with Crippen LogP contribution >= 0.6 is 22.9 Å². The molecule has 9 rings (SSSR count). The van der Waals surface area contributed by atoms with Gasteiger partial charge in [-0.25, -0.2) is 15.0 Å². The van der Waals surface area contributed by atoms with Crippen molar-refractivity contribution in [2.24, 2.45) is 0 Å². The van der Waals surface area contributed by atoms with Crippen molar-refractivity contribution >= 4 is 75.4 Å². The molecule has 0 saturated heterocycles. The van der Waals surface area contributed by atoms with Crippen molar-refractivity contribution in [1.29, 1.82) is 0 Å². The molecule has 0 atom stereocenters. The maximum Gasteiger partial charge on any atom is 0.166 e. The van der Waals surface area contributed by atoms with E-state index in [1.807, 2.05) is 6.07 Å². The number of thiophene rings is 1. The van der Waals surface area contributed by atoms with E-state index in [0.29, 0.717) is 17.5 Å². The number of rotatable bonds is 3. The van der Waals surface area contributed by atoms with Gasteiger partial charge in [-0.3, -0.25) is 0 Å². The molecular weight excluding hydrogens is 578 g/mol. The van der Waals surface area contributed by atoms with Gasteiger partial charge in [-0.05, 0) is 33.0 Å². The summed E-state index contributed by atoms with van der Waals surface area (Å²) in [5, 5.41) is 9.43. The monoisotopic (exact) mass is 599 g/mol. The molecule has 0 amide bonds. The lowest BCUT2D eigenvalue weighted by atomic mass is 9.99. The number of hydrogen-bond donors (Lipinski definition) is 0. The Morgan fingerprint density at radius 1 is 0.432 bits per heavy atom. The van der Waals surface area contributed by atoms with Crippen molar-refractivity contribution in [3.8, 4) is 34.2 Å². The number of hydrogen-bond acceptors (Lipinski definition) is 4. The molecule has 0 N–H and O–H groups in total. The Bertz CT molecular complexity index is 2480. The molecule has 0 aliphatic heterocycles. The molecule has 206 valence electrons. The summed E-state index contributed by atoms with van der Waals surface area (Å²) in [5.74, 6) is 1.92. The molecule has 0 spiro atoms. The lowest BCUT2D eigenvalue weighted by Crippen LogP contribution is -2.01. The normalized spacial score (nSPS) is 11.8. The van der Waals surface area contributed by atoms with Gasteiger partial charge in [0.1, 0.15) is 0 Å². The smallest absolute Gasteiger partial charge is 0.166 e. The van der Waals surface area contributed by atoms with E-state index in [-0.39, 0.29) is 0 Å². The van der Waals surface area contributed by atoms with Crippen molar-refractivity contribution in [2.45, 2.75) is 0 Å². The maximum absolute atomic E-state index is 7.19. The minimum Gasteiger partial charge on any atom is -0.208 e. The number of benzene rings is 7. The molecule has 0 saturated carbocycles. The van der Waals surface area contributed by atoms with Crippen LogP contribution in [0, 0.1) is 0 Å². The van der Waals surface area contributed by atoms with Crippen LogP contribution in [0.15, 0.2) is 133 Å². The number of aromatic nitrogens is 3. The predicted molar refractivity (Wildman–Crippen MR) is 187 cm³/mol. The van der Waals surface area contributed by atoms with Crippen molar-refractivity contribution < 1.29 is 0 Å². The van der Waals surface area contributed by atoms with Gasteiger partial charge in [0.05, 0.1) is 5.02 Å². The second-order valence-electron chi connectivity index (χ2n) is 10.9. The summed E-state index contributed by atoms with van der Waals surface area (Å²) >= 11 is 8.93. The van der Waals surface area contributed by atoms with Crippen LogP contribution < -0.4 is 0 Å². The second-order valence-corrected chi connectivity index (χ2v) is 12.3. The maximum atomic E-state index is 7.19. The summed E-state index contributed by atoms with van der Waals surface area (Å²) in [6, 6.07) is 46.1. The fourth-order valence-corrected chi connectivity index (χ4v) is 8.06. The van der Waals surface area contributed by atoms with Crippen LogP contribution in [0.1, 0.15) is 0 Å². The topological polar surface area (TPSA) is 38.7 Å². The molecule has 7 aromatic carbocycles. The first kappa shape index (κ1) is 25.3. The lowest BCUT2D eigenvalue weighted by Gasteiger charge is -2.14. The van der Waals surface area contributed by atoms with Crippen LogP contribution in [-0.2, 0) is 0 Å². The molecule has 9 aromatic rings. The molecule has 0 fully saturated rings. The Balaban J connectivity index is 1.44. The van der Waals surface area contributed by atoms with E-state index in [9.17, 15) is 0 Å². The Labute approximate surface area is 262 Å². The van der Waals surface area contributed by atoms with Gasteiger partial charge in [0.15, 0.2) is 17.5 Å². The molecule has 2 heterocycles.